The molecule has 118 valence electrons. The number of sulfonamides is 1. The lowest BCUT2D eigenvalue weighted by atomic mass is 10.0. The summed E-state index contributed by atoms with van der Waals surface area (Å²) in [4.78, 5) is -0.891. The van der Waals surface area contributed by atoms with Gasteiger partial charge in [0.05, 0.1) is 11.6 Å². The molecule has 1 aliphatic rings. The van der Waals surface area contributed by atoms with Crippen molar-refractivity contribution in [2.24, 2.45) is 0 Å². The predicted molar refractivity (Wildman–Crippen MR) is 65.8 cm³/mol. The molecule has 10 heteroatoms. The molecule has 1 aromatic rings. The van der Waals surface area contributed by atoms with Gasteiger partial charge in [0.1, 0.15) is 10.7 Å². The van der Waals surface area contributed by atoms with Crippen molar-refractivity contribution >= 4 is 21.6 Å². The Morgan fingerprint density at radius 3 is 2.43 bits per heavy atom. The Kier molecular flexibility index (Phi) is 3.98. The van der Waals surface area contributed by atoms with E-state index in [4.69, 9.17) is 11.6 Å². The van der Waals surface area contributed by atoms with E-state index in [1.54, 1.807) is 0 Å². The van der Waals surface area contributed by atoms with Gasteiger partial charge >= 0.3 is 6.18 Å². The molecule has 4 nitrogen and oxygen atoms in total. The molecule has 0 amide bonds. The van der Waals surface area contributed by atoms with Crippen molar-refractivity contribution < 1.29 is 31.1 Å². The second kappa shape index (κ2) is 5.08. The van der Waals surface area contributed by atoms with Gasteiger partial charge in [-0.05, 0) is 12.1 Å². The highest BCUT2D eigenvalue weighted by Crippen LogP contribution is 2.40. The molecule has 1 N–H and O–H groups in total. The molecule has 0 saturated carbocycles. The molecular formula is C11H10ClF4NO3S. The van der Waals surface area contributed by atoms with Gasteiger partial charge in [0.25, 0.3) is 0 Å². The topological polar surface area (TPSA) is 57.6 Å². The van der Waals surface area contributed by atoms with Crippen molar-refractivity contribution in [3.05, 3.63) is 29.0 Å². The molecule has 21 heavy (non-hydrogen) atoms. The number of β-amino-alcohol motifs (C(OH)–C–C–N with tert-alkyl or cyclic N) is 1. The Bertz CT molecular complexity index is 644. The van der Waals surface area contributed by atoms with Crippen molar-refractivity contribution in [1.82, 2.24) is 4.31 Å². The van der Waals surface area contributed by atoms with Gasteiger partial charge in [-0.15, -0.1) is 0 Å². The zero-order valence-electron chi connectivity index (χ0n) is 10.4. The Morgan fingerprint density at radius 1 is 1.33 bits per heavy atom. The zero-order chi connectivity index (χ0) is 16.1. The molecule has 1 fully saturated rings. The third-order valence-electron chi connectivity index (χ3n) is 3.26. The quantitative estimate of drug-likeness (QED) is 0.834. The minimum absolute atomic E-state index is 0.380. The van der Waals surface area contributed by atoms with Crippen LogP contribution in [0.5, 0.6) is 0 Å². The van der Waals surface area contributed by atoms with Gasteiger partial charge in [-0.25, -0.2) is 12.8 Å². The molecule has 1 atom stereocenters. The molecule has 1 aromatic carbocycles. The summed E-state index contributed by atoms with van der Waals surface area (Å²) in [7, 11) is -4.56. The summed E-state index contributed by atoms with van der Waals surface area (Å²) in [5, 5.41) is 9.06. The average Bonchev–Trinajstić information content (AvgIpc) is 2.72. The summed E-state index contributed by atoms with van der Waals surface area (Å²) in [6.45, 7) is -1.77. The van der Waals surface area contributed by atoms with E-state index in [1.165, 1.54) is 6.07 Å². The molecule has 1 saturated heterocycles. The molecule has 0 aromatic heterocycles. The van der Waals surface area contributed by atoms with E-state index in [0.717, 1.165) is 12.1 Å². The predicted octanol–water partition coefficient (Wildman–Crippen LogP) is 2.17. The fourth-order valence-electron chi connectivity index (χ4n) is 2.05. The van der Waals surface area contributed by atoms with Crippen LogP contribution < -0.4 is 0 Å². The minimum Gasteiger partial charge on any atom is -0.379 e. The Hall–Kier alpha value is -0.900. The first-order valence-corrected chi connectivity index (χ1v) is 7.54. The summed E-state index contributed by atoms with van der Waals surface area (Å²) in [5.74, 6) is -1.16. The van der Waals surface area contributed by atoms with Gasteiger partial charge in [-0.1, -0.05) is 17.7 Å². The van der Waals surface area contributed by atoms with E-state index < -0.39 is 57.0 Å². The monoisotopic (exact) mass is 347 g/mol. The third kappa shape index (κ3) is 2.75. The van der Waals surface area contributed by atoms with Gasteiger partial charge in [0.2, 0.25) is 10.0 Å². The highest BCUT2D eigenvalue weighted by molar-refractivity contribution is 7.89. The number of halogens is 5. The first-order valence-electron chi connectivity index (χ1n) is 5.72. The molecule has 0 unspecified atom stereocenters. The van der Waals surface area contributed by atoms with Crippen LogP contribution in [0.15, 0.2) is 23.1 Å². The molecule has 0 spiro atoms. The van der Waals surface area contributed by atoms with E-state index in [2.05, 4.69) is 0 Å². The van der Waals surface area contributed by atoms with E-state index in [9.17, 15) is 31.1 Å². The Morgan fingerprint density at radius 2 is 1.95 bits per heavy atom. The first kappa shape index (κ1) is 16.5. The highest BCUT2D eigenvalue weighted by atomic mass is 35.5. The average molecular weight is 348 g/mol. The van der Waals surface area contributed by atoms with Gasteiger partial charge in [-0.3, -0.25) is 0 Å². The molecule has 0 aliphatic carbocycles. The molecule has 2 rings (SSSR count). The first-order chi connectivity index (χ1) is 9.49. The zero-order valence-corrected chi connectivity index (χ0v) is 11.9. The number of rotatable bonds is 2. The van der Waals surface area contributed by atoms with Crippen molar-refractivity contribution in [2.75, 3.05) is 13.1 Å². The maximum absolute atomic E-state index is 13.7. The van der Waals surface area contributed by atoms with Gasteiger partial charge in [0, 0.05) is 13.0 Å². The van der Waals surface area contributed by atoms with Crippen molar-refractivity contribution in [3.8, 4) is 0 Å². The lowest BCUT2D eigenvalue weighted by Gasteiger charge is -2.26. The van der Waals surface area contributed by atoms with E-state index in [0.29, 0.717) is 4.31 Å². The summed E-state index contributed by atoms with van der Waals surface area (Å²) in [5.41, 5.74) is -3.14. The second-order valence-corrected chi connectivity index (χ2v) is 6.95. The van der Waals surface area contributed by atoms with Crippen LogP contribution in [0.4, 0.5) is 17.6 Å². The number of nitrogens with zero attached hydrogens (tertiary/aromatic N) is 1. The van der Waals surface area contributed by atoms with Gasteiger partial charge in [0.15, 0.2) is 5.60 Å². The second-order valence-electron chi connectivity index (χ2n) is 4.67. The standard InChI is InChI=1S/C11H10ClF4NO3S/c12-7-2-1-3-8(13)9(7)21(19,20)17-5-4-10(18,6-17)11(14,15)16/h1-3,18H,4-6H2/t10-/m0/s1. The van der Waals surface area contributed by atoms with E-state index >= 15 is 0 Å². The van der Waals surface area contributed by atoms with Crippen molar-refractivity contribution in [3.63, 3.8) is 0 Å². The number of hydrogen-bond acceptors (Lipinski definition) is 3. The van der Waals surface area contributed by atoms with Crippen LogP contribution in [-0.4, -0.2) is 42.7 Å². The van der Waals surface area contributed by atoms with Gasteiger partial charge in [-0.2, -0.15) is 17.5 Å². The maximum Gasteiger partial charge on any atom is 0.418 e. The summed E-state index contributed by atoms with van der Waals surface area (Å²) >= 11 is 5.62. The van der Waals surface area contributed by atoms with Crippen LogP contribution in [0.1, 0.15) is 6.42 Å². The van der Waals surface area contributed by atoms with Crippen molar-refractivity contribution in [2.45, 2.75) is 23.1 Å². The SMILES string of the molecule is O=S(=O)(c1c(F)cccc1Cl)N1CC[C@@](O)(C(F)(F)F)C1. The maximum atomic E-state index is 13.7. The molecule has 1 aliphatic heterocycles. The molecule has 0 bridgehead atoms. The lowest BCUT2D eigenvalue weighted by molar-refractivity contribution is -0.252. The molecule has 1 heterocycles. The summed E-state index contributed by atoms with van der Waals surface area (Å²) in [6.07, 6.45) is -5.79. The van der Waals surface area contributed by atoms with Crippen LogP contribution in [0.25, 0.3) is 0 Å². The summed E-state index contributed by atoms with van der Waals surface area (Å²) in [6, 6.07) is 3.13. The fourth-order valence-corrected chi connectivity index (χ4v) is 4.11. The Labute approximate surface area is 123 Å². The highest BCUT2D eigenvalue weighted by Gasteiger charge is 2.59. The van der Waals surface area contributed by atoms with E-state index in [-0.39, 0.29) is 0 Å². The van der Waals surface area contributed by atoms with Crippen LogP contribution in [0.3, 0.4) is 0 Å². The fraction of sp³-hybridized carbons (Fsp3) is 0.455. The van der Waals surface area contributed by atoms with Crippen LogP contribution in [0, 0.1) is 5.82 Å². The number of benzene rings is 1. The largest absolute Gasteiger partial charge is 0.418 e. The summed E-state index contributed by atoms with van der Waals surface area (Å²) < 4.78 is 76.5. The van der Waals surface area contributed by atoms with Crippen LogP contribution in [0.2, 0.25) is 5.02 Å². The normalized spacial score (nSPS) is 24.5. The van der Waals surface area contributed by atoms with Gasteiger partial charge < -0.3 is 5.11 Å². The number of aliphatic hydroxyl groups is 1. The van der Waals surface area contributed by atoms with E-state index in [1.807, 2.05) is 0 Å². The van der Waals surface area contributed by atoms with Crippen LogP contribution in [-0.2, 0) is 10.0 Å². The Balaban J connectivity index is 2.40. The number of hydrogen-bond donors (Lipinski definition) is 1. The van der Waals surface area contributed by atoms with Crippen LogP contribution >= 0.6 is 11.6 Å². The lowest BCUT2D eigenvalue weighted by Crippen LogP contribution is -2.48. The van der Waals surface area contributed by atoms with Crippen molar-refractivity contribution in [1.29, 1.82) is 0 Å². The minimum atomic E-state index is -4.98. The molecular weight excluding hydrogens is 338 g/mol. The third-order valence-corrected chi connectivity index (χ3v) is 5.61. The smallest absolute Gasteiger partial charge is 0.379 e. The molecule has 0 radical (unpaired) electrons. The number of alkyl halides is 3.